The summed E-state index contributed by atoms with van der Waals surface area (Å²) in [5, 5.41) is 3.38. The maximum Gasteiger partial charge on any atom is 0.0803 e. The van der Waals surface area contributed by atoms with Crippen molar-refractivity contribution in [2.75, 3.05) is 13.7 Å². The molecule has 2 atom stereocenters. The molecular weight excluding hydrogens is 174 g/mol. The van der Waals surface area contributed by atoms with E-state index < -0.39 is 0 Å². The first kappa shape index (κ1) is 13.9. The standard InChI is InChI=1S/C12H27NO/c1-7-12(5,14-8-2)11(13-6)9-10(3)4/h10-11,13H,7-9H2,1-6H3. The Kier molecular flexibility index (Phi) is 6.38. The predicted octanol–water partition coefficient (Wildman–Crippen LogP) is 2.83. The van der Waals surface area contributed by atoms with Crippen LogP contribution in [-0.4, -0.2) is 25.3 Å². The molecule has 0 aliphatic rings. The van der Waals surface area contributed by atoms with Crippen LogP contribution in [0.4, 0.5) is 0 Å². The van der Waals surface area contributed by atoms with E-state index in [0.29, 0.717) is 12.0 Å². The van der Waals surface area contributed by atoms with E-state index in [2.05, 4.69) is 39.9 Å². The summed E-state index contributed by atoms with van der Waals surface area (Å²) in [5.74, 6) is 0.707. The normalized spacial score (nSPS) is 18.2. The monoisotopic (exact) mass is 201 g/mol. The first-order chi connectivity index (χ1) is 6.50. The molecule has 1 N–H and O–H groups in total. The van der Waals surface area contributed by atoms with E-state index in [9.17, 15) is 0 Å². The van der Waals surface area contributed by atoms with Gasteiger partial charge in [-0.25, -0.2) is 0 Å². The summed E-state index contributed by atoms with van der Waals surface area (Å²) >= 11 is 0. The van der Waals surface area contributed by atoms with Gasteiger partial charge in [-0.05, 0) is 39.7 Å². The molecule has 0 heterocycles. The molecule has 2 unspecified atom stereocenters. The van der Waals surface area contributed by atoms with Crippen molar-refractivity contribution in [1.82, 2.24) is 5.32 Å². The molecule has 0 rings (SSSR count). The highest BCUT2D eigenvalue weighted by Crippen LogP contribution is 2.24. The van der Waals surface area contributed by atoms with Gasteiger partial charge in [0.25, 0.3) is 0 Å². The van der Waals surface area contributed by atoms with Crippen LogP contribution in [0.1, 0.15) is 47.5 Å². The molecule has 0 saturated heterocycles. The molecule has 0 aromatic rings. The summed E-state index contributed by atoms with van der Waals surface area (Å²) in [6.07, 6.45) is 2.22. The Morgan fingerprint density at radius 2 is 1.86 bits per heavy atom. The van der Waals surface area contributed by atoms with Crippen molar-refractivity contribution in [2.45, 2.75) is 59.1 Å². The maximum absolute atomic E-state index is 5.87. The zero-order valence-corrected chi connectivity index (χ0v) is 10.7. The fourth-order valence-corrected chi connectivity index (χ4v) is 1.92. The predicted molar refractivity (Wildman–Crippen MR) is 62.6 cm³/mol. The summed E-state index contributed by atoms with van der Waals surface area (Å²) in [5.41, 5.74) is -0.0201. The van der Waals surface area contributed by atoms with Gasteiger partial charge in [-0.1, -0.05) is 20.8 Å². The van der Waals surface area contributed by atoms with Gasteiger partial charge in [-0.3, -0.25) is 0 Å². The van der Waals surface area contributed by atoms with Crippen LogP contribution in [0.3, 0.4) is 0 Å². The maximum atomic E-state index is 5.87. The molecule has 0 bridgehead atoms. The second-order valence-corrected chi connectivity index (χ2v) is 4.57. The molecule has 0 amide bonds. The minimum Gasteiger partial charge on any atom is -0.374 e. The molecule has 0 fully saturated rings. The lowest BCUT2D eigenvalue weighted by Crippen LogP contribution is -2.49. The van der Waals surface area contributed by atoms with Crippen molar-refractivity contribution in [2.24, 2.45) is 5.92 Å². The molecule has 0 aliphatic carbocycles. The third kappa shape index (κ3) is 3.97. The van der Waals surface area contributed by atoms with Crippen molar-refractivity contribution in [3.63, 3.8) is 0 Å². The molecule has 0 saturated carbocycles. The molecule has 0 spiro atoms. The first-order valence-corrected chi connectivity index (χ1v) is 5.81. The molecule has 2 heteroatoms. The average molecular weight is 201 g/mol. The SMILES string of the molecule is CCOC(C)(CC)C(CC(C)C)NC. The van der Waals surface area contributed by atoms with Gasteiger partial charge in [-0.15, -0.1) is 0 Å². The molecule has 0 radical (unpaired) electrons. The molecule has 2 nitrogen and oxygen atoms in total. The smallest absolute Gasteiger partial charge is 0.0803 e. The second-order valence-electron chi connectivity index (χ2n) is 4.57. The molecule has 14 heavy (non-hydrogen) atoms. The summed E-state index contributed by atoms with van der Waals surface area (Å²) < 4.78 is 5.87. The quantitative estimate of drug-likeness (QED) is 0.684. The number of ether oxygens (including phenoxy) is 1. The summed E-state index contributed by atoms with van der Waals surface area (Å²) in [6.45, 7) is 11.8. The third-order valence-corrected chi connectivity index (χ3v) is 2.97. The molecule has 0 aromatic heterocycles. The van der Waals surface area contributed by atoms with E-state index in [-0.39, 0.29) is 5.60 Å². The Bertz CT molecular complexity index is 147. The molecule has 86 valence electrons. The van der Waals surface area contributed by atoms with Crippen molar-refractivity contribution in [3.05, 3.63) is 0 Å². The zero-order chi connectivity index (χ0) is 11.2. The van der Waals surface area contributed by atoms with E-state index >= 15 is 0 Å². The lowest BCUT2D eigenvalue weighted by atomic mass is 9.87. The third-order valence-electron chi connectivity index (χ3n) is 2.97. The number of hydrogen-bond acceptors (Lipinski definition) is 2. The summed E-state index contributed by atoms with van der Waals surface area (Å²) in [6, 6.07) is 0.451. The fourth-order valence-electron chi connectivity index (χ4n) is 1.92. The van der Waals surface area contributed by atoms with Crippen LogP contribution in [0.25, 0.3) is 0 Å². The first-order valence-electron chi connectivity index (χ1n) is 5.81. The fraction of sp³-hybridized carbons (Fsp3) is 1.00. The average Bonchev–Trinajstić information content (AvgIpc) is 2.14. The number of hydrogen-bond donors (Lipinski definition) is 1. The van der Waals surface area contributed by atoms with E-state index in [4.69, 9.17) is 4.74 Å². The Morgan fingerprint density at radius 1 is 1.29 bits per heavy atom. The van der Waals surface area contributed by atoms with Crippen LogP contribution < -0.4 is 5.32 Å². The van der Waals surface area contributed by atoms with Gasteiger partial charge >= 0.3 is 0 Å². The van der Waals surface area contributed by atoms with Crippen LogP contribution in [0.15, 0.2) is 0 Å². The van der Waals surface area contributed by atoms with Gasteiger partial charge < -0.3 is 10.1 Å². The Hall–Kier alpha value is -0.0800. The van der Waals surface area contributed by atoms with Crippen molar-refractivity contribution in [1.29, 1.82) is 0 Å². The Balaban J connectivity index is 4.41. The van der Waals surface area contributed by atoms with E-state index in [0.717, 1.165) is 13.0 Å². The van der Waals surface area contributed by atoms with Crippen LogP contribution in [-0.2, 0) is 4.74 Å². The highest BCUT2D eigenvalue weighted by molar-refractivity contribution is 4.88. The lowest BCUT2D eigenvalue weighted by Gasteiger charge is -2.37. The van der Waals surface area contributed by atoms with Gasteiger partial charge in [0.05, 0.1) is 5.60 Å². The minimum atomic E-state index is -0.0201. The van der Waals surface area contributed by atoms with E-state index in [1.165, 1.54) is 6.42 Å². The van der Waals surface area contributed by atoms with Crippen molar-refractivity contribution < 1.29 is 4.74 Å². The minimum absolute atomic E-state index is 0.0201. The van der Waals surface area contributed by atoms with Crippen LogP contribution >= 0.6 is 0 Å². The zero-order valence-electron chi connectivity index (χ0n) is 10.7. The number of likely N-dealkylation sites (N-methyl/N-ethyl adjacent to an activating group) is 1. The van der Waals surface area contributed by atoms with E-state index in [1.807, 2.05) is 7.05 Å². The van der Waals surface area contributed by atoms with Crippen LogP contribution in [0.5, 0.6) is 0 Å². The second kappa shape index (κ2) is 6.41. The van der Waals surface area contributed by atoms with E-state index in [1.54, 1.807) is 0 Å². The van der Waals surface area contributed by atoms with Gasteiger partial charge in [0, 0.05) is 12.6 Å². The van der Waals surface area contributed by atoms with Gasteiger partial charge in [0.2, 0.25) is 0 Å². The Labute approximate surface area is 89.4 Å². The molecular formula is C12H27NO. The number of nitrogens with one attached hydrogen (secondary N) is 1. The summed E-state index contributed by atoms with van der Waals surface area (Å²) in [4.78, 5) is 0. The molecule has 0 aromatic carbocycles. The van der Waals surface area contributed by atoms with Crippen LogP contribution in [0.2, 0.25) is 0 Å². The summed E-state index contributed by atoms with van der Waals surface area (Å²) in [7, 11) is 2.03. The van der Waals surface area contributed by atoms with Crippen molar-refractivity contribution in [3.8, 4) is 0 Å². The molecule has 0 aliphatic heterocycles. The van der Waals surface area contributed by atoms with Crippen LogP contribution in [0, 0.1) is 5.92 Å². The van der Waals surface area contributed by atoms with Crippen molar-refractivity contribution >= 4 is 0 Å². The van der Waals surface area contributed by atoms with Gasteiger partial charge in [0.15, 0.2) is 0 Å². The highest BCUT2D eigenvalue weighted by Gasteiger charge is 2.32. The highest BCUT2D eigenvalue weighted by atomic mass is 16.5. The lowest BCUT2D eigenvalue weighted by molar-refractivity contribution is -0.0577. The van der Waals surface area contributed by atoms with Gasteiger partial charge in [0.1, 0.15) is 0 Å². The number of rotatable bonds is 7. The topological polar surface area (TPSA) is 21.3 Å². The largest absolute Gasteiger partial charge is 0.374 e. The van der Waals surface area contributed by atoms with Gasteiger partial charge in [-0.2, -0.15) is 0 Å². The Morgan fingerprint density at radius 3 is 2.14 bits per heavy atom.